The first-order valence-corrected chi connectivity index (χ1v) is 9.43. The summed E-state index contributed by atoms with van der Waals surface area (Å²) < 4.78 is 9.81. The molecule has 10 nitrogen and oxygen atoms in total. The van der Waals surface area contributed by atoms with Crippen molar-refractivity contribution in [2.45, 2.75) is 19.8 Å². The fraction of sp³-hybridized carbons (Fsp3) is 0.778. The van der Waals surface area contributed by atoms with Gasteiger partial charge in [-0.05, 0) is 32.2 Å². The molecular weight excluding hydrogens is 370 g/mol. The Labute approximate surface area is 165 Å². The molecule has 1 aliphatic heterocycles. The summed E-state index contributed by atoms with van der Waals surface area (Å²) in [6, 6.07) is 0. The smallest absolute Gasteiger partial charge is 0.317 e. The van der Waals surface area contributed by atoms with Crippen LogP contribution in [0, 0.1) is 5.92 Å². The number of carbonyl (C=O) groups excluding carboxylic acids is 3. The summed E-state index contributed by atoms with van der Waals surface area (Å²) in [5, 5.41) is 9.15. The predicted molar refractivity (Wildman–Crippen MR) is 99.5 cm³/mol. The lowest BCUT2D eigenvalue weighted by molar-refractivity contribution is -0.138. The first-order chi connectivity index (χ1) is 13.4. The molecule has 0 bridgehead atoms. The average molecular weight is 401 g/mol. The van der Waals surface area contributed by atoms with Gasteiger partial charge < -0.3 is 14.6 Å². The molecule has 0 aromatic rings. The van der Waals surface area contributed by atoms with Gasteiger partial charge in [0.15, 0.2) is 0 Å². The lowest BCUT2D eigenvalue weighted by atomic mass is 10.0. The molecule has 1 fully saturated rings. The second-order valence-electron chi connectivity index (χ2n) is 7.03. The zero-order valence-corrected chi connectivity index (χ0v) is 16.5. The highest BCUT2D eigenvalue weighted by molar-refractivity contribution is 5.77. The molecule has 0 aromatic heterocycles. The van der Waals surface area contributed by atoms with Gasteiger partial charge in [0.05, 0.1) is 19.7 Å². The molecule has 1 heterocycles. The van der Waals surface area contributed by atoms with Gasteiger partial charge in [-0.25, -0.2) is 0 Å². The molecule has 0 radical (unpaired) electrons. The molecule has 160 valence electrons. The standard InChI is InChI=1S/C18H31N3O7/c1-16(24)10-19-4-2-17(12-27-14-22)3-5-21(13-28-15-23)9-8-20(7-6-19)11-18(25)26/h14-15,17H,2-13H2,1H3,(H,25,26). The minimum Gasteiger partial charge on any atom is -0.480 e. The molecule has 0 amide bonds. The fourth-order valence-electron chi connectivity index (χ4n) is 3.21. The van der Waals surface area contributed by atoms with Gasteiger partial charge in [0.25, 0.3) is 12.9 Å². The van der Waals surface area contributed by atoms with E-state index in [0.29, 0.717) is 65.4 Å². The van der Waals surface area contributed by atoms with Crippen molar-refractivity contribution in [3.63, 3.8) is 0 Å². The molecule has 0 spiro atoms. The number of hydrogen-bond acceptors (Lipinski definition) is 9. The van der Waals surface area contributed by atoms with Crippen molar-refractivity contribution >= 4 is 24.7 Å². The van der Waals surface area contributed by atoms with E-state index in [1.807, 2.05) is 14.7 Å². The Morgan fingerprint density at radius 2 is 1.43 bits per heavy atom. The summed E-state index contributed by atoms with van der Waals surface area (Å²) in [5.74, 6) is -0.741. The van der Waals surface area contributed by atoms with Gasteiger partial charge in [0.1, 0.15) is 12.5 Å². The van der Waals surface area contributed by atoms with Crippen molar-refractivity contribution in [1.82, 2.24) is 14.7 Å². The summed E-state index contributed by atoms with van der Waals surface area (Å²) in [5.41, 5.74) is 0. The Kier molecular flexibility index (Phi) is 12.0. The molecule has 1 atom stereocenters. The Balaban J connectivity index is 2.84. The monoisotopic (exact) mass is 401 g/mol. The van der Waals surface area contributed by atoms with Gasteiger partial charge >= 0.3 is 5.97 Å². The van der Waals surface area contributed by atoms with Gasteiger partial charge in [0.2, 0.25) is 0 Å². The number of carboxylic acid groups (broad SMARTS) is 1. The van der Waals surface area contributed by atoms with E-state index in [9.17, 15) is 19.2 Å². The molecule has 0 aliphatic carbocycles. The molecule has 28 heavy (non-hydrogen) atoms. The highest BCUT2D eigenvalue weighted by Gasteiger charge is 2.20. The van der Waals surface area contributed by atoms with E-state index in [0.717, 1.165) is 12.8 Å². The summed E-state index contributed by atoms with van der Waals surface area (Å²) >= 11 is 0. The van der Waals surface area contributed by atoms with Crippen molar-refractivity contribution in [2.75, 3.05) is 65.7 Å². The van der Waals surface area contributed by atoms with Gasteiger partial charge in [-0.3, -0.25) is 33.9 Å². The van der Waals surface area contributed by atoms with Gasteiger partial charge in [-0.15, -0.1) is 0 Å². The summed E-state index contributed by atoms with van der Waals surface area (Å²) in [6.07, 6.45) is 1.46. The SMILES string of the molecule is CC(=O)CN1CCC(COC=O)CCN(COC=O)CCN(CC(=O)O)CC1. The fourth-order valence-corrected chi connectivity index (χ4v) is 3.21. The van der Waals surface area contributed by atoms with Crippen molar-refractivity contribution in [1.29, 1.82) is 0 Å². The summed E-state index contributed by atoms with van der Waals surface area (Å²) in [4.78, 5) is 49.6. The number of carboxylic acids is 1. The lowest BCUT2D eigenvalue weighted by Gasteiger charge is -2.31. The van der Waals surface area contributed by atoms with Crippen LogP contribution in [0.2, 0.25) is 0 Å². The Morgan fingerprint density at radius 1 is 0.893 bits per heavy atom. The molecule has 1 aliphatic rings. The number of rotatable bonds is 10. The van der Waals surface area contributed by atoms with E-state index >= 15 is 0 Å². The number of nitrogens with zero attached hydrogens (tertiary/aromatic N) is 3. The van der Waals surface area contributed by atoms with E-state index in [1.165, 1.54) is 6.92 Å². The van der Waals surface area contributed by atoms with Crippen LogP contribution in [0.25, 0.3) is 0 Å². The van der Waals surface area contributed by atoms with E-state index in [-0.39, 0.29) is 25.0 Å². The number of aliphatic carboxylic acids is 1. The second-order valence-corrected chi connectivity index (χ2v) is 7.03. The molecule has 0 saturated carbocycles. The molecule has 1 N–H and O–H groups in total. The first kappa shape index (κ1) is 24.0. The number of ether oxygens (including phenoxy) is 2. The van der Waals surface area contributed by atoms with Crippen LogP contribution in [-0.4, -0.2) is 110 Å². The maximum Gasteiger partial charge on any atom is 0.317 e. The minimum absolute atomic E-state index is 0.0507. The number of Topliss-reactive ketones (excluding diaryl/α,β-unsaturated/α-hetero) is 1. The van der Waals surface area contributed by atoms with Crippen LogP contribution in [0.3, 0.4) is 0 Å². The Bertz CT molecular complexity index is 460. The first-order valence-electron chi connectivity index (χ1n) is 9.43. The van der Waals surface area contributed by atoms with Crippen LogP contribution in [0.1, 0.15) is 19.8 Å². The highest BCUT2D eigenvalue weighted by Crippen LogP contribution is 2.13. The van der Waals surface area contributed by atoms with E-state index in [4.69, 9.17) is 14.6 Å². The van der Waals surface area contributed by atoms with Crippen LogP contribution in [0.5, 0.6) is 0 Å². The molecule has 0 aromatic carbocycles. The van der Waals surface area contributed by atoms with Crippen LogP contribution in [0.15, 0.2) is 0 Å². The molecule has 10 heteroatoms. The zero-order valence-electron chi connectivity index (χ0n) is 16.5. The zero-order chi connectivity index (χ0) is 20.8. The van der Waals surface area contributed by atoms with Gasteiger partial charge in [-0.2, -0.15) is 0 Å². The Morgan fingerprint density at radius 3 is 1.96 bits per heavy atom. The van der Waals surface area contributed by atoms with Crippen LogP contribution >= 0.6 is 0 Å². The minimum atomic E-state index is -0.910. The predicted octanol–water partition coefficient (Wildman–Crippen LogP) is -0.720. The topological polar surface area (TPSA) is 117 Å². The number of hydrogen-bond donors (Lipinski definition) is 1. The maximum atomic E-state index is 11.6. The summed E-state index contributed by atoms with van der Waals surface area (Å²) in [7, 11) is 0. The van der Waals surface area contributed by atoms with E-state index in [2.05, 4.69) is 0 Å². The van der Waals surface area contributed by atoms with E-state index in [1.54, 1.807) is 0 Å². The Hall–Kier alpha value is -2.04. The van der Waals surface area contributed by atoms with Crippen molar-refractivity contribution < 1.29 is 33.8 Å². The van der Waals surface area contributed by atoms with E-state index < -0.39 is 5.97 Å². The van der Waals surface area contributed by atoms with Crippen molar-refractivity contribution in [3.8, 4) is 0 Å². The van der Waals surface area contributed by atoms with Crippen molar-refractivity contribution in [3.05, 3.63) is 0 Å². The molecular formula is C18H31N3O7. The lowest BCUT2D eigenvalue weighted by Crippen LogP contribution is -2.44. The largest absolute Gasteiger partial charge is 0.480 e. The molecule has 1 saturated heterocycles. The third-order valence-electron chi connectivity index (χ3n) is 4.70. The van der Waals surface area contributed by atoms with Crippen molar-refractivity contribution in [2.24, 2.45) is 5.92 Å². The molecule has 1 unspecified atom stereocenters. The second kappa shape index (κ2) is 14.0. The van der Waals surface area contributed by atoms with Crippen LogP contribution in [0.4, 0.5) is 0 Å². The quantitative estimate of drug-likeness (QED) is 0.470. The van der Waals surface area contributed by atoms with Crippen LogP contribution in [-0.2, 0) is 28.7 Å². The third kappa shape index (κ3) is 11.0. The van der Waals surface area contributed by atoms with Gasteiger partial charge in [-0.1, -0.05) is 0 Å². The number of carbonyl (C=O) groups is 4. The normalized spacial score (nSPS) is 21.1. The molecule has 1 rings (SSSR count). The van der Waals surface area contributed by atoms with Gasteiger partial charge in [0, 0.05) is 32.7 Å². The average Bonchev–Trinajstić information content (AvgIpc) is 2.63. The number of ketones is 1. The summed E-state index contributed by atoms with van der Waals surface area (Å²) in [6.45, 7) is 6.37. The van der Waals surface area contributed by atoms with Crippen LogP contribution < -0.4 is 0 Å². The highest BCUT2D eigenvalue weighted by atomic mass is 16.5. The maximum absolute atomic E-state index is 11.6. The third-order valence-corrected chi connectivity index (χ3v) is 4.70.